The van der Waals surface area contributed by atoms with Crippen LogP contribution in [-0.2, 0) is 17.8 Å². The largest absolute Gasteiger partial charge is 0.302 e. The van der Waals surface area contributed by atoms with E-state index in [-0.39, 0.29) is 5.91 Å². The summed E-state index contributed by atoms with van der Waals surface area (Å²) in [7, 11) is 2.10. The van der Waals surface area contributed by atoms with Crippen LogP contribution in [0.3, 0.4) is 0 Å². The second-order valence-corrected chi connectivity index (χ2v) is 6.90. The Morgan fingerprint density at radius 2 is 2.32 bits per heavy atom. The minimum absolute atomic E-state index is 0.0307. The van der Waals surface area contributed by atoms with Crippen molar-refractivity contribution in [3.05, 3.63) is 10.6 Å². The molecule has 1 aromatic heterocycles. The van der Waals surface area contributed by atoms with Crippen LogP contribution in [0.25, 0.3) is 0 Å². The number of anilines is 1. The van der Waals surface area contributed by atoms with Gasteiger partial charge in [-0.3, -0.25) is 4.79 Å². The van der Waals surface area contributed by atoms with E-state index >= 15 is 0 Å². The number of terminal acetylenes is 1. The highest BCUT2D eigenvalue weighted by atomic mass is 32.1. The molecule has 2 aliphatic rings. The van der Waals surface area contributed by atoms with Gasteiger partial charge in [-0.15, -0.1) is 23.7 Å². The second-order valence-electron chi connectivity index (χ2n) is 5.81. The Bertz CT molecular complexity index is 639. The molecule has 7 heteroatoms. The molecule has 1 amide bonds. The highest BCUT2D eigenvalue weighted by Crippen LogP contribution is 2.37. The number of likely N-dealkylation sites (N-methyl/N-ethyl adjacent to an activating group) is 1. The molecule has 0 atom stereocenters. The van der Waals surface area contributed by atoms with Crippen molar-refractivity contribution >= 4 is 22.4 Å². The van der Waals surface area contributed by atoms with Crippen LogP contribution >= 0.6 is 11.3 Å². The third-order valence-electron chi connectivity index (χ3n) is 3.97. The molecule has 0 aliphatic carbocycles. The summed E-state index contributed by atoms with van der Waals surface area (Å²) in [5.74, 6) is 2.56. The Balaban J connectivity index is 1.49. The van der Waals surface area contributed by atoms with Crippen LogP contribution in [0, 0.1) is 12.3 Å². The molecule has 0 aromatic carbocycles. The molecule has 0 fully saturated rings. The first-order valence-corrected chi connectivity index (χ1v) is 8.26. The highest BCUT2D eigenvalue weighted by Gasteiger charge is 2.39. The van der Waals surface area contributed by atoms with Crippen LogP contribution in [0.2, 0.25) is 0 Å². The number of carbonyl (C=O) groups is 1. The molecule has 1 aromatic rings. The van der Waals surface area contributed by atoms with Crippen LogP contribution in [0.4, 0.5) is 5.13 Å². The molecule has 22 heavy (non-hydrogen) atoms. The predicted molar refractivity (Wildman–Crippen MR) is 85.7 cm³/mol. The highest BCUT2D eigenvalue weighted by molar-refractivity contribution is 7.15. The lowest BCUT2D eigenvalue weighted by Gasteiger charge is -2.20. The number of thiazole rings is 1. The van der Waals surface area contributed by atoms with Crippen LogP contribution in [0.5, 0.6) is 0 Å². The molecule has 116 valence electrons. The van der Waals surface area contributed by atoms with Gasteiger partial charge in [-0.1, -0.05) is 0 Å². The molecule has 2 aliphatic heterocycles. The fraction of sp³-hybridized carbons (Fsp3) is 0.600. The molecule has 3 rings (SSSR count). The molecule has 1 N–H and O–H groups in total. The van der Waals surface area contributed by atoms with Crippen LogP contribution in [0.1, 0.15) is 36.3 Å². The van der Waals surface area contributed by atoms with Gasteiger partial charge in [-0.2, -0.15) is 10.2 Å². The van der Waals surface area contributed by atoms with Crippen LogP contribution < -0.4 is 5.32 Å². The lowest BCUT2D eigenvalue weighted by atomic mass is 10.0. The van der Waals surface area contributed by atoms with E-state index in [1.165, 1.54) is 4.88 Å². The lowest BCUT2D eigenvalue weighted by molar-refractivity contribution is -0.116. The normalized spacial score (nSPS) is 18.5. The first kappa shape index (κ1) is 15.1. The molecule has 0 saturated carbocycles. The van der Waals surface area contributed by atoms with Crippen molar-refractivity contribution in [2.45, 2.75) is 44.3 Å². The first-order valence-electron chi connectivity index (χ1n) is 7.45. The Morgan fingerprint density at radius 1 is 1.50 bits per heavy atom. The van der Waals surface area contributed by atoms with E-state index in [9.17, 15) is 4.79 Å². The van der Waals surface area contributed by atoms with Gasteiger partial charge in [-0.25, -0.2) is 4.98 Å². The van der Waals surface area contributed by atoms with Gasteiger partial charge in [0.15, 0.2) is 10.8 Å². The van der Waals surface area contributed by atoms with Gasteiger partial charge in [-0.05, 0) is 7.05 Å². The van der Waals surface area contributed by atoms with Gasteiger partial charge >= 0.3 is 0 Å². The van der Waals surface area contributed by atoms with E-state index < -0.39 is 5.66 Å². The number of amides is 1. The number of nitrogens with one attached hydrogen (secondary N) is 1. The van der Waals surface area contributed by atoms with E-state index in [4.69, 9.17) is 6.42 Å². The van der Waals surface area contributed by atoms with Crippen molar-refractivity contribution in [2.24, 2.45) is 10.2 Å². The van der Waals surface area contributed by atoms with Gasteiger partial charge < -0.3 is 10.2 Å². The quantitative estimate of drug-likeness (QED) is 0.819. The summed E-state index contributed by atoms with van der Waals surface area (Å²) in [6, 6.07) is 0. The zero-order chi connectivity index (χ0) is 15.6. The Hall–Kier alpha value is -1.78. The number of nitrogens with zero attached hydrogens (tertiary/aromatic N) is 4. The summed E-state index contributed by atoms with van der Waals surface area (Å²) in [4.78, 5) is 20.1. The maximum atomic E-state index is 12.1. The topological polar surface area (TPSA) is 70.0 Å². The zero-order valence-corrected chi connectivity index (χ0v) is 13.4. The number of carbonyl (C=O) groups excluding carboxylic acids is 1. The molecule has 0 radical (unpaired) electrons. The summed E-state index contributed by atoms with van der Waals surface area (Å²) < 4.78 is 0. The number of aromatic nitrogens is 1. The zero-order valence-electron chi connectivity index (χ0n) is 12.6. The standard InChI is InChI=1S/C15H19N5OS/c1-3-4-7-15(18-19-15)8-5-13(21)17-14-16-11-6-9-20(2)10-12(11)22-14/h1H,4-10H2,2H3,(H,16,17,21). The van der Waals surface area contributed by atoms with Gasteiger partial charge in [0.1, 0.15) is 0 Å². The van der Waals surface area contributed by atoms with Crippen molar-refractivity contribution in [2.75, 3.05) is 18.9 Å². The summed E-state index contributed by atoms with van der Waals surface area (Å²) in [5, 5.41) is 11.7. The van der Waals surface area contributed by atoms with E-state index in [1.54, 1.807) is 11.3 Å². The molecule has 0 saturated heterocycles. The molecule has 6 nitrogen and oxygen atoms in total. The number of rotatable bonds is 6. The van der Waals surface area contributed by atoms with Gasteiger partial charge in [0, 0.05) is 50.1 Å². The predicted octanol–water partition coefficient (Wildman–Crippen LogP) is 2.43. The number of fused-ring (bicyclic) bond motifs is 1. The first-order chi connectivity index (χ1) is 10.6. The maximum absolute atomic E-state index is 12.1. The smallest absolute Gasteiger partial charge is 0.226 e. The minimum atomic E-state index is -0.394. The average Bonchev–Trinajstić information content (AvgIpc) is 3.16. The van der Waals surface area contributed by atoms with Gasteiger partial charge in [0.05, 0.1) is 5.69 Å². The number of hydrogen-bond acceptors (Lipinski definition) is 6. The summed E-state index contributed by atoms with van der Waals surface area (Å²) in [6.07, 6.45) is 8.59. The third kappa shape index (κ3) is 3.51. The SMILES string of the molecule is C#CCCC1(CCC(=O)Nc2nc3c(s2)CN(C)CC3)N=N1. The fourth-order valence-electron chi connectivity index (χ4n) is 2.54. The van der Waals surface area contributed by atoms with Gasteiger partial charge in [0.25, 0.3) is 0 Å². The summed E-state index contributed by atoms with van der Waals surface area (Å²) >= 11 is 1.57. The lowest BCUT2D eigenvalue weighted by Crippen LogP contribution is -2.25. The molecule has 0 bridgehead atoms. The van der Waals surface area contributed by atoms with Crippen molar-refractivity contribution in [3.63, 3.8) is 0 Å². The average molecular weight is 317 g/mol. The Kier molecular flexibility index (Phi) is 4.23. The molecular formula is C15H19N5OS. The second kappa shape index (κ2) is 6.15. The third-order valence-corrected chi connectivity index (χ3v) is 4.97. The maximum Gasteiger partial charge on any atom is 0.226 e. The van der Waals surface area contributed by atoms with Crippen molar-refractivity contribution < 1.29 is 4.79 Å². The molecule has 0 unspecified atom stereocenters. The van der Waals surface area contributed by atoms with E-state index in [1.807, 2.05) is 0 Å². The molecular weight excluding hydrogens is 298 g/mol. The Morgan fingerprint density at radius 3 is 3.05 bits per heavy atom. The molecule has 3 heterocycles. The number of hydrogen-bond donors (Lipinski definition) is 1. The summed E-state index contributed by atoms with van der Waals surface area (Å²) in [6.45, 7) is 1.93. The van der Waals surface area contributed by atoms with Gasteiger partial charge in [0.2, 0.25) is 5.91 Å². The van der Waals surface area contributed by atoms with E-state index in [0.717, 1.165) is 31.6 Å². The van der Waals surface area contributed by atoms with Crippen molar-refractivity contribution in [3.8, 4) is 12.3 Å². The van der Waals surface area contributed by atoms with E-state index in [0.29, 0.717) is 24.4 Å². The minimum Gasteiger partial charge on any atom is -0.302 e. The van der Waals surface area contributed by atoms with Crippen LogP contribution in [0.15, 0.2) is 10.2 Å². The fourth-order valence-corrected chi connectivity index (χ4v) is 3.64. The summed E-state index contributed by atoms with van der Waals surface area (Å²) in [5.41, 5.74) is 0.727. The van der Waals surface area contributed by atoms with Crippen molar-refractivity contribution in [1.82, 2.24) is 9.88 Å². The Labute approximate surface area is 134 Å². The monoisotopic (exact) mass is 317 g/mol. The van der Waals surface area contributed by atoms with E-state index in [2.05, 4.69) is 38.4 Å². The molecule has 0 spiro atoms. The van der Waals surface area contributed by atoms with Crippen molar-refractivity contribution in [1.29, 1.82) is 0 Å². The van der Waals surface area contributed by atoms with Crippen LogP contribution in [-0.4, -0.2) is 35.0 Å².